The Labute approximate surface area is 174 Å². The fourth-order valence-electron chi connectivity index (χ4n) is 3.06. The SMILES string of the molecule is COc1ccc(CNC(=O)c2c(C)noc2-c2cc(OC)c(OC)c(OC)c2)cc1. The number of methoxy groups -OCH3 is 4. The highest BCUT2D eigenvalue weighted by atomic mass is 16.5. The van der Waals surface area contributed by atoms with Gasteiger partial charge in [0.15, 0.2) is 17.3 Å². The molecule has 1 amide bonds. The van der Waals surface area contributed by atoms with Crippen LogP contribution in [0, 0.1) is 6.92 Å². The van der Waals surface area contributed by atoms with E-state index in [4.69, 9.17) is 23.5 Å². The molecule has 1 N–H and O–H groups in total. The number of aromatic nitrogens is 1. The van der Waals surface area contributed by atoms with Gasteiger partial charge in [-0.05, 0) is 36.8 Å². The number of hydrogen-bond acceptors (Lipinski definition) is 7. The smallest absolute Gasteiger partial charge is 0.257 e. The maximum atomic E-state index is 12.9. The molecule has 1 heterocycles. The Hall–Kier alpha value is -3.68. The lowest BCUT2D eigenvalue weighted by molar-refractivity contribution is 0.0950. The Morgan fingerprint density at radius 3 is 2.13 bits per heavy atom. The Kier molecular flexibility index (Phi) is 6.46. The lowest BCUT2D eigenvalue weighted by Gasteiger charge is -2.13. The molecule has 0 atom stereocenters. The summed E-state index contributed by atoms with van der Waals surface area (Å²) in [5.41, 5.74) is 2.34. The number of hydrogen-bond donors (Lipinski definition) is 1. The maximum Gasteiger partial charge on any atom is 0.257 e. The van der Waals surface area contributed by atoms with Crippen LogP contribution in [0.15, 0.2) is 40.9 Å². The zero-order chi connectivity index (χ0) is 21.7. The maximum absolute atomic E-state index is 12.9. The highest BCUT2D eigenvalue weighted by molar-refractivity contribution is 6.00. The standard InChI is InChI=1S/C22H24N2O6/c1-13-19(22(25)23-12-14-6-8-16(26-2)9-7-14)20(30-24-13)15-10-17(27-3)21(29-5)18(11-15)28-4/h6-11H,12H2,1-5H3,(H,23,25). The second-order valence-electron chi connectivity index (χ2n) is 6.42. The van der Waals surface area contributed by atoms with E-state index in [2.05, 4.69) is 10.5 Å². The van der Waals surface area contributed by atoms with Gasteiger partial charge < -0.3 is 28.8 Å². The highest BCUT2D eigenvalue weighted by Crippen LogP contribution is 2.42. The summed E-state index contributed by atoms with van der Waals surface area (Å²) in [4.78, 5) is 12.9. The van der Waals surface area contributed by atoms with Crippen LogP contribution in [0.25, 0.3) is 11.3 Å². The van der Waals surface area contributed by atoms with Gasteiger partial charge in [0, 0.05) is 12.1 Å². The van der Waals surface area contributed by atoms with Crippen molar-refractivity contribution in [1.29, 1.82) is 0 Å². The van der Waals surface area contributed by atoms with Gasteiger partial charge in [0.2, 0.25) is 5.75 Å². The average Bonchev–Trinajstić information content (AvgIpc) is 3.18. The first-order chi connectivity index (χ1) is 14.5. The van der Waals surface area contributed by atoms with E-state index in [1.165, 1.54) is 21.3 Å². The first kappa shape index (κ1) is 21.0. The number of aryl methyl sites for hydroxylation is 1. The molecular formula is C22H24N2O6. The molecule has 158 valence electrons. The van der Waals surface area contributed by atoms with E-state index >= 15 is 0 Å². The van der Waals surface area contributed by atoms with E-state index in [1.807, 2.05) is 24.3 Å². The van der Waals surface area contributed by atoms with E-state index in [0.29, 0.717) is 46.4 Å². The van der Waals surface area contributed by atoms with Crippen LogP contribution in [-0.2, 0) is 6.54 Å². The molecule has 8 nitrogen and oxygen atoms in total. The van der Waals surface area contributed by atoms with Gasteiger partial charge in [0.05, 0.1) is 34.1 Å². The van der Waals surface area contributed by atoms with Gasteiger partial charge in [-0.15, -0.1) is 0 Å². The second-order valence-corrected chi connectivity index (χ2v) is 6.42. The Morgan fingerprint density at radius 1 is 0.967 bits per heavy atom. The van der Waals surface area contributed by atoms with Gasteiger partial charge in [0.25, 0.3) is 5.91 Å². The lowest BCUT2D eigenvalue weighted by atomic mass is 10.0. The Morgan fingerprint density at radius 2 is 1.60 bits per heavy atom. The van der Waals surface area contributed by atoms with Crippen LogP contribution in [0.4, 0.5) is 0 Å². The fraction of sp³-hybridized carbons (Fsp3) is 0.273. The summed E-state index contributed by atoms with van der Waals surface area (Å²) in [6.45, 7) is 2.06. The summed E-state index contributed by atoms with van der Waals surface area (Å²) < 4.78 is 26.8. The third kappa shape index (κ3) is 4.17. The van der Waals surface area contributed by atoms with Crippen molar-refractivity contribution in [3.8, 4) is 34.3 Å². The van der Waals surface area contributed by atoms with Gasteiger partial charge in [-0.3, -0.25) is 4.79 Å². The molecule has 3 aromatic rings. The quantitative estimate of drug-likeness (QED) is 0.604. The molecule has 0 aliphatic carbocycles. The number of rotatable bonds is 8. The van der Waals surface area contributed by atoms with Crippen LogP contribution in [0.3, 0.4) is 0 Å². The molecule has 0 aliphatic rings. The zero-order valence-electron chi connectivity index (χ0n) is 17.6. The van der Waals surface area contributed by atoms with E-state index in [0.717, 1.165) is 11.3 Å². The molecular weight excluding hydrogens is 388 g/mol. The fourth-order valence-corrected chi connectivity index (χ4v) is 3.06. The number of nitrogens with zero attached hydrogens (tertiary/aromatic N) is 1. The summed E-state index contributed by atoms with van der Waals surface area (Å²) in [7, 11) is 6.18. The van der Waals surface area contributed by atoms with Crippen molar-refractivity contribution in [2.75, 3.05) is 28.4 Å². The van der Waals surface area contributed by atoms with Crippen molar-refractivity contribution in [1.82, 2.24) is 10.5 Å². The van der Waals surface area contributed by atoms with Crippen molar-refractivity contribution in [2.45, 2.75) is 13.5 Å². The van der Waals surface area contributed by atoms with Crippen molar-refractivity contribution >= 4 is 5.91 Å². The van der Waals surface area contributed by atoms with Gasteiger partial charge in [-0.1, -0.05) is 17.3 Å². The summed E-state index contributed by atoms with van der Waals surface area (Å²) in [6, 6.07) is 10.9. The third-order valence-electron chi connectivity index (χ3n) is 4.63. The molecule has 0 fully saturated rings. The van der Waals surface area contributed by atoms with Crippen LogP contribution in [-0.4, -0.2) is 39.5 Å². The normalized spacial score (nSPS) is 10.4. The van der Waals surface area contributed by atoms with Gasteiger partial charge in [-0.25, -0.2) is 0 Å². The van der Waals surface area contributed by atoms with Crippen molar-refractivity contribution in [3.05, 3.63) is 53.2 Å². The van der Waals surface area contributed by atoms with E-state index < -0.39 is 0 Å². The van der Waals surface area contributed by atoms with Crippen molar-refractivity contribution in [2.24, 2.45) is 0 Å². The molecule has 1 aromatic heterocycles. The molecule has 30 heavy (non-hydrogen) atoms. The van der Waals surface area contributed by atoms with Crippen LogP contribution < -0.4 is 24.3 Å². The van der Waals surface area contributed by atoms with Crippen LogP contribution >= 0.6 is 0 Å². The highest BCUT2D eigenvalue weighted by Gasteiger charge is 2.24. The molecule has 3 rings (SSSR count). The predicted molar refractivity (Wildman–Crippen MR) is 110 cm³/mol. The molecule has 0 spiro atoms. The minimum absolute atomic E-state index is 0.298. The van der Waals surface area contributed by atoms with E-state index in [-0.39, 0.29) is 5.91 Å². The number of nitrogens with one attached hydrogen (secondary N) is 1. The zero-order valence-corrected chi connectivity index (χ0v) is 17.6. The summed E-state index contributed by atoms with van der Waals surface area (Å²) >= 11 is 0. The summed E-state index contributed by atoms with van der Waals surface area (Å²) in [5.74, 6) is 2.12. The van der Waals surface area contributed by atoms with E-state index in [1.54, 1.807) is 26.2 Å². The number of ether oxygens (including phenoxy) is 4. The van der Waals surface area contributed by atoms with Crippen molar-refractivity contribution in [3.63, 3.8) is 0 Å². The van der Waals surface area contributed by atoms with Crippen LogP contribution in [0.5, 0.6) is 23.0 Å². The Balaban J connectivity index is 1.89. The second kappa shape index (κ2) is 9.21. The molecule has 0 radical (unpaired) electrons. The van der Waals surface area contributed by atoms with Gasteiger partial charge in [0.1, 0.15) is 11.3 Å². The first-order valence-corrected chi connectivity index (χ1v) is 9.20. The Bertz CT molecular complexity index is 1000. The monoisotopic (exact) mass is 412 g/mol. The molecule has 0 saturated carbocycles. The minimum atomic E-state index is -0.298. The largest absolute Gasteiger partial charge is 0.497 e. The summed E-state index contributed by atoms with van der Waals surface area (Å²) in [6.07, 6.45) is 0. The molecule has 0 bridgehead atoms. The topological polar surface area (TPSA) is 92.1 Å². The van der Waals surface area contributed by atoms with E-state index in [9.17, 15) is 4.79 Å². The molecule has 0 aliphatic heterocycles. The number of carbonyl (C=O) groups excluding carboxylic acids is 1. The molecule has 0 saturated heterocycles. The predicted octanol–water partition coefficient (Wildman–Crippen LogP) is 3.61. The van der Waals surface area contributed by atoms with Crippen LogP contribution in [0.2, 0.25) is 0 Å². The summed E-state index contributed by atoms with van der Waals surface area (Å²) in [5, 5.41) is 6.88. The number of benzene rings is 2. The number of carbonyl (C=O) groups is 1. The van der Waals surface area contributed by atoms with Crippen LogP contribution in [0.1, 0.15) is 21.6 Å². The lowest BCUT2D eigenvalue weighted by Crippen LogP contribution is -2.23. The number of amides is 1. The molecule has 8 heteroatoms. The third-order valence-corrected chi connectivity index (χ3v) is 4.63. The molecule has 0 unspecified atom stereocenters. The average molecular weight is 412 g/mol. The molecule has 2 aromatic carbocycles. The first-order valence-electron chi connectivity index (χ1n) is 9.20. The van der Waals surface area contributed by atoms with Gasteiger partial charge >= 0.3 is 0 Å². The van der Waals surface area contributed by atoms with Gasteiger partial charge in [-0.2, -0.15) is 0 Å². The minimum Gasteiger partial charge on any atom is -0.497 e. The van der Waals surface area contributed by atoms with Crippen molar-refractivity contribution < 1.29 is 28.3 Å².